The summed E-state index contributed by atoms with van der Waals surface area (Å²) in [7, 11) is 0. The molecule has 0 saturated heterocycles. The number of carbonyl (C=O) groups is 1. The van der Waals surface area contributed by atoms with Crippen molar-refractivity contribution in [3.63, 3.8) is 0 Å². The first-order valence-electron chi connectivity index (χ1n) is 10.9. The van der Waals surface area contributed by atoms with Gasteiger partial charge in [0.25, 0.3) is 0 Å². The van der Waals surface area contributed by atoms with Crippen LogP contribution in [0.15, 0.2) is 48.7 Å². The molecule has 8 nitrogen and oxygen atoms in total. The molecule has 3 aromatic rings. The highest BCUT2D eigenvalue weighted by molar-refractivity contribution is 5.92. The van der Waals surface area contributed by atoms with Crippen molar-refractivity contribution in [1.29, 1.82) is 5.26 Å². The van der Waals surface area contributed by atoms with Crippen LogP contribution >= 0.6 is 0 Å². The standard InChI is InChI=1S/C25H28N6O2/c1-3-12-31(4-2)13-10-23(33)29-18-8-5-7-17(14-18)19-15-21(30-25(27)20(19)16-26)24-22(32)9-6-11-28-24/h5-9,11,14-15,32H,3-4,10,12-13H2,1-2H3,(H2,27,30)(H,29,33). The third-order valence-electron chi connectivity index (χ3n) is 5.29. The normalized spacial score (nSPS) is 10.7. The van der Waals surface area contributed by atoms with Gasteiger partial charge in [0, 0.05) is 30.4 Å². The van der Waals surface area contributed by atoms with Crippen molar-refractivity contribution in [2.45, 2.75) is 26.7 Å². The predicted octanol–water partition coefficient (Wildman–Crippen LogP) is 4.03. The molecule has 0 spiro atoms. The molecule has 2 heterocycles. The van der Waals surface area contributed by atoms with Gasteiger partial charge in [-0.05, 0) is 55.4 Å². The van der Waals surface area contributed by atoms with Crippen LogP contribution in [-0.2, 0) is 4.79 Å². The molecule has 4 N–H and O–H groups in total. The highest BCUT2D eigenvalue weighted by Crippen LogP contribution is 2.34. The van der Waals surface area contributed by atoms with Gasteiger partial charge in [0.2, 0.25) is 5.91 Å². The summed E-state index contributed by atoms with van der Waals surface area (Å²) in [4.78, 5) is 23.2. The van der Waals surface area contributed by atoms with E-state index in [1.54, 1.807) is 36.5 Å². The van der Waals surface area contributed by atoms with Crippen LogP contribution in [0.5, 0.6) is 5.75 Å². The Balaban J connectivity index is 1.88. The molecule has 1 amide bonds. The van der Waals surface area contributed by atoms with Crippen LogP contribution in [0.4, 0.5) is 11.5 Å². The van der Waals surface area contributed by atoms with E-state index in [-0.39, 0.29) is 28.7 Å². The summed E-state index contributed by atoms with van der Waals surface area (Å²) < 4.78 is 0. The maximum atomic E-state index is 12.5. The van der Waals surface area contributed by atoms with Crippen LogP contribution in [0.1, 0.15) is 32.3 Å². The lowest BCUT2D eigenvalue weighted by Gasteiger charge is -2.19. The molecule has 170 valence electrons. The lowest BCUT2D eigenvalue weighted by molar-refractivity contribution is -0.116. The van der Waals surface area contributed by atoms with E-state index in [1.807, 2.05) is 6.07 Å². The van der Waals surface area contributed by atoms with E-state index in [1.165, 1.54) is 6.07 Å². The summed E-state index contributed by atoms with van der Waals surface area (Å²) in [6.45, 7) is 6.78. The zero-order valence-electron chi connectivity index (χ0n) is 18.9. The summed E-state index contributed by atoms with van der Waals surface area (Å²) in [5, 5.41) is 22.8. The number of nitrogen functional groups attached to an aromatic ring is 1. The van der Waals surface area contributed by atoms with Crippen LogP contribution < -0.4 is 11.1 Å². The predicted molar refractivity (Wildman–Crippen MR) is 129 cm³/mol. The number of hydrogen-bond donors (Lipinski definition) is 3. The number of nitrogens with one attached hydrogen (secondary N) is 1. The monoisotopic (exact) mass is 444 g/mol. The van der Waals surface area contributed by atoms with Crippen molar-refractivity contribution in [2.24, 2.45) is 0 Å². The minimum atomic E-state index is -0.0736. The van der Waals surface area contributed by atoms with Crippen molar-refractivity contribution in [2.75, 3.05) is 30.7 Å². The third-order valence-corrected chi connectivity index (χ3v) is 5.29. The number of nitrogens with two attached hydrogens (primary N) is 1. The van der Waals surface area contributed by atoms with Crippen molar-refractivity contribution in [3.05, 3.63) is 54.2 Å². The van der Waals surface area contributed by atoms with Crippen molar-refractivity contribution in [3.8, 4) is 34.3 Å². The second kappa shape index (κ2) is 11.1. The number of carbonyl (C=O) groups excluding carboxylic acids is 1. The molecule has 33 heavy (non-hydrogen) atoms. The number of anilines is 2. The third kappa shape index (κ3) is 5.84. The van der Waals surface area contributed by atoms with Crippen LogP contribution in [0.25, 0.3) is 22.5 Å². The Bertz CT molecular complexity index is 1170. The maximum Gasteiger partial charge on any atom is 0.225 e. The van der Waals surface area contributed by atoms with Gasteiger partial charge >= 0.3 is 0 Å². The summed E-state index contributed by atoms with van der Waals surface area (Å²) in [6.07, 6.45) is 2.99. The molecule has 0 aliphatic rings. The number of amides is 1. The largest absolute Gasteiger partial charge is 0.506 e. The number of nitriles is 1. The average Bonchev–Trinajstić information content (AvgIpc) is 2.81. The quantitative estimate of drug-likeness (QED) is 0.454. The van der Waals surface area contributed by atoms with E-state index in [9.17, 15) is 15.2 Å². The van der Waals surface area contributed by atoms with Crippen LogP contribution in [0, 0.1) is 11.3 Å². The van der Waals surface area contributed by atoms with Gasteiger partial charge in [-0.25, -0.2) is 4.98 Å². The molecule has 2 aromatic heterocycles. The van der Waals surface area contributed by atoms with Crippen molar-refractivity contribution < 1.29 is 9.90 Å². The number of pyridine rings is 2. The van der Waals surface area contributed by atoms with E-state index in [0.717, 1.165) is 19.5 Å². The van der Waals surface area contributed by atoms with Gasteiger partial charge in [-0.3, -0.25) is 9.78 Å². The van der Waals surface area contributed by atoms with Gasteiger partial charge in [0.15, 0.2) is 0 Å². The first-order chi connectivity index (χ1) is 16.0. The number of rotatable bonds is 9. The molecule has 0 atom stereocenters. The smallest absolute Gasteiger partial charge is 0.225 e. The molecular formula is C25H28N6O2. The van der Waals surface area contributed by atoms with E-state index < -0.39 is 0 Å². The summed E-state index contributed by atoms with van der Waals surface area (Å²) in [6, 6.07) is 14.1. The second-order valence-electron chi connectivity index (χ2n) is 7.61. The van der Waals surface area contributed by atoms with Gasteiger partial charge in [-0.1, -0.05) is 26.0 Å². The Hall–Kier alpha value is -3.96. The Kier molecular flexibility index (Phi) is 7.95. The fourth-order valence-corrected chi connectivity index (χ4v) is 3.62. The molecule has 3 rings (SSSR count). The second-order valence-corrected chi connectivity index (χ2v) is 7.61. The molecule has 1 aromatic carbocycles. The fourth-order valence-electron chi connectivity index (χ4n) is 3.62. The van der Waals surface area contributed by atoms with Gasteiger partial charge in [0.05, 0.1) is 5.69 Å². The first kappa shape index (κ1) is 23.7. The number of aromatic nitrogens is 2. The highest BCUT2D eigenvalue weighted by Gasteiger charge is 2.16. The van der Waals surface area contributed by atoms with E-state index in [4.69, 9.17) is 5.73 Å². The van der Waals surface area contributed by atoms with E-state index in [2.05, 4.69) is 40.1 Å². The minimum absolute atomic E-state index is 0.0368. The summed E-state index contributed by atoms with van der Waals surface area (Å²) >= 11 is 0. The zero-order chi connectivity index (χ0) is 23.8. The Morgan fingerprint density at radius 1 is 1.21 bits per heavy atom. The molecular weight excluding hydrogens is 416 g/mol. The average molecular weight is 445 g/mol. The van der Waals surface area contributed by atoms with Crippen molar-refractivity contribution in [1.82, 2.24) is 14.9 Å². The zero-order valence-corrected chi connectivity index (χ0v) is 18.9. The summed E-state index contributed by atoms with van der Waals surface area (Å²) in [5.74, 6) is -0.0686. The molecule has 0 aliphatic carbocycles. The van der Waals surface area contributed by atoms with Gasteiger partial charge in [-0.15, -0.1) is 0 Å². The van der Waals surface area contributed by atoms with Gasteiger partial charge in [-0.2, -0.15) is 5.26 Å². The number of nitrogens with zero attached hydrogens (tertiary/aromatic N) is 4. The fraction of sp³-hybridized carbons (Fsp3) is 0.280. The first-order valence-corrected chi connectivity index (χ1v) is 10.9. The lowest BCUT2D eigenvalue weighted by Crippen LogP contribution is -2.28. The number of hydrogen-bond acceptors (Lipinski definition) is 7. The molecule has 8 heteroatoms. The van der Waals surface area contributed by atoms with E-state index in [0.29, 0.717) is 35.5 Å². The van der Waals surface area contributed by atoms with Crippen LogP contribution in [0.3, 0.4) is 0 Å². The minimum Gasteiger partial charge on any atom is -0.506 e. The van der Waals surface area contributed by atoms with Crippen molar-refractivity contribution >= 4 is 17.4 Å². The molecule has 0 fully saturated rings. The maximum absolute atomic E-state index is 12.5. The molecule has 0 unspecified atom stereocenters. The Morgan fingerprint density at radius 2 is 2.03 bits per heavy atom. The Labute approximate surface area is 193 Å². The molecule has 0 saturated carbocycles. The number of benzene rings is 1. The SMILES string of the molecule is CCCN(CC)CCC(=O)Nc1cccc(-c2cc(-c3ncccc3O)nc(N)c2C#N)c1. The Morgan fingerprint density at radius 3 is 2.73 bits per heavy atom. The lowest BCUT2D eigenvalue weighted by atomic mass is 9.99. The molecule has 0 radical (unpaired) electrons. The molecule has 0 aliphatic heterocycles. The highest BCUT2D eigenvalue weighted by atomic mass is 16.3. The topological polar surface area (TPSA) is 128 Å². The number of aromatic hydroxyl groups is 1. The van der Waals surface area contributed by atoms with Gasteiger partial charge < -0.3 is 21.1 Å². The molecule has 0 bridgehead atoms. The van der Waals surface area contributed by atoms with E-state index >= 15 is 0 Å². The van der Waals surface area contributed by atoms with Crippen LogP contribution in [0.2, 0.25) is 0 Å². The van der Waals surface area contributed by atoms with Crippen LogP contribution in [-0.4, -0.2) is 45.5 Å². The van der Waals surface area contributed by atoms with Gasteiger partial charge in [0.1, 0.15) is 28.9 Å². The summed E-state index contributed by atoms with van der Waals surface area (Å²) in [5.41, 5.74) is 8.76.